The van der Waals surface area contributed by atoms with Gasteiger partial charge in [-0.1, -0.05) is 52.6 Å². The average molecular weight is 1260 g/mol. The second kappa shape index (κ2) is 59.5. The van der Waals surface area contributed by atoms with Crippen LogP contribution >= 0.6 is 0 Å². The van der Waals surface area contributed by atoms with E-state index in [2.05, 4.69) is 52.6 Å². The zero-order valence-electron chi connectivity index (χ0n) is 50.1. The molecule has 504 valence electrons. The third-order valence-corrected chi connectivity index (χ3v) is 10.5. The summed E-state index contributed by atoms with van der Waals surface area (Å²) in [5.41, 5.74) is 0. The van der Waals surface area contributed by atoms with Crippen LogP contribution in [0.5, 0.6) is 0 Å². The standard InChI is InChI=1S/C58H98O29/c1-9-51(59)80-19-17-67-33-45(74-21-27-82-53(61)11-3)35-69-37-47(76-23-29-84-55(63)13-5)39-71-41-49(78-25-31-86-57(65)15-7)43-73-44-50(79-26-32-87-58(66)16-8)42-72-40-48(77-24-30-85-56(64)14-6)38-70-36-46(75-22-28-83-54(62)12-4)34-68-18-20-81-52(60)10-2/h9-16,45-50,53-58,61-66H,1-8,17-44H2. The molecular weight excluding hydrogens is 1160 g/mol. The van der Waals surface area contributed by atoms with Crippen molar-refractivity contribution in [3.63, 3.8) is 0 Å². The normalized spacial score (nSPS) is 15.7. The zero-order valence-corrected chi connectivity index (χ0v) is 50.1. The molecule has 6 N–H and O–H groups in total. The van der Waals surface area contributed by atoms with Crippen molar-refractivity contribution >= 4 is 11.9 Å². The predicted octanol–water partition coefficient (Wildman–Crippen LogP) is -0.00180. The molecule has 0 saturated carbocycles. The second-order valence-electron chi connectivity index (χ2n) is 17.5. The summed E-state index contributed by atoms with van der Waals surface area (Å²) in [4.78, 5) is 22.9. The number of rotatable bonds is 68. The molecule has 0 amide bonds. The van der Waals surface area contributed by atoms with Crippen LogP contribution in [0.15, 0.2) is 101 Å². The Bertz CT molecular complexity index is 1610. The van der Waals surface area contributed by atoms with Crippen LogP contribution in [0.1, 0.15) is 0 Å². The Morgan fingerprint density at radius 3 is 0.563 bits per heavy atom. The first-order valence-electron chi connectivity index (χ1n) is 28.0. The van der Waals surface area contributed by atoms with Gasteiger partial charge >= 0.3 is 11.9 Å². The van der Waals surface area contributed by atoms with Crippen molar-refractivity contribution in [2.75, 3.05) is 185 Å². The molecule has 12 atom stereocenters. The summed E-state index contributed by atoms with van der Waals surface area (Å²) >= 11 is 0. The van der Waals surface area contributed by atoms with Gasteiger partial charge in [-0.25, -0.2) is 9.59 Å². The van der Waals surface area contributed by atoms with E-state index in [9.17, 15) is 40.2 Å². The van der Waals surface area contributed by atoms with Crippen molar-refractivity contribution in [2.24, 2.45) is 0 Å². The van der Waals surface area contributed by atoms with E-state index in [4.69, 9.17) is 99.5 Å². The van der Waals surface area contributed by atoms with Crippen LogP contribution in [0.4, 0.5) is 0 Å². The maximum Gasteiger partial charge on any atom is 0.330 e. The van der Waals surface area contributed by atoms with Gasteiger partial charge in [0, 0.05) is 12.2 Å². The maximum absolute atomic E-state index is 11.4. The summed E-state index contributed by atoms with van der Waals surface area (Å²) in [6, 6.07) is 0. The Labute approximate surface area is 510 Å². The molecule has 0 saturated heterocycles. The van der Waals surface area contributed by atoms with Crippen LogP contribution in [-0.2, 0) is 109 Å². The predicted molar refractivity (Wildman–Crippen MR) is 309 cm³/mol. The lowest BCUT2D eigenvalue weighted by Crippen LogP contribution is -2.36. The highest BCUT2D eigenvalue weighted by Crippen LogP contribution is 2.08. The van der Waals surface area contributed by atoms with Crippen LogP contribution in [-0.4, -0.2) is 302 Å². The van der Waals surface area contributed by atoms with E-state index in [0.717, 1.165) is 12.2 Å². The van der Waals surface area contributed by atoms with Gasteiger partial charge in [0.25, 0.3) is 0 Å². The van der Waals surface area contributed by atoms with Gasteiger partial charge < -0.3 is 130 Å². The Morgan fingerprint density at radius 1 is 0.241 bits per heavy atom. The molecule has 0 radical (unpaired) electrons. The fourth-order valence-electron chi connectivity index (χ4n) is 6.18. The van der Waals surface area contributed by atoms with Gasteiger partial charge in [0.2, 0.25) is 0 Å². The van der Waals surface area contributed by atoms with Crippen molar-refractivity contribution < 1.29 is 140 Å². The summed E-state index contributed by atoms with van der Waals surface area (Å²) in [6.07, 6.45) is -2.14. The molecule has 0 spiro atoms. The highest BCUT2D eigenvalue weighted by atomic mass is 16.7. The minimum absolute atomic E-state index is 0.000491. The molecule has 0 aliphatic rings. The fraction of sp³-hybridized carbons (Fsp3) is 0.690. The van der Waals surface area contributed by atoms with Gasteiger partial charge in [-0.15, -0.1) is 0 Å². The Balaban J connectivity index is 6.20. The van der Waals surface area contributed by atoms with Crippen LogP contribution in [0.2, 0.25) is 0 Å². The minimum Gasteiger partial charge on any atom is -0.460 e. The number of esters is 2. The van der Waals surface area contributed by atoms with Crippen molar-refractivity contribution in [3.8, 4) is 0 Å². The molecule has 12 unspecified atom stereocenters. The number of ether oxygens (including phenoxy) is 21. The van der Waals surface area contributed by atoms with E-state index in [1.165, 1.54) is 36.5 Å². The number of carbonyl (C=O) groups excluding carboxylic acids is 2. The number of hydrogen-bond acceptors (Lipinski definition) is 29. The van der Waals surface area contributed by atoms with E-state index in [1.54, 1.807) is 0 Å². The molecule has 0 aromatic carbocycles. The Morgan fingerprint density at radius 2 is 0.402 bits per heavy atom. The Kier molecular flexibility index (Phi) is 56.6. The van der Waals surface area contributed by atoms with E-state index < -0.39 is 86.3 Å². The first-order valence-corrected chi connectivity index (χ1v) is 28.0. The van der Waals surface area contributed by atoms with Crippen molar-refractivity contribution in [1.82, 2.24) is 0 Å². The van der Waals surface area contributed by atoms with E-state index in [0.29, 0.717) is 0 Å². The largest absolute Gasteiger partial charge is 0.460 e. The quantitative estimate of drug-likeness (QED) is 0.0153. The Hall–Kier alpha value is -4.14. The molecule has 0 fully saturated rings. The fourth-order valence-corrected chi connectivity index (χ4v) is 6.18. The molecule has 0 aliphatic heterocycles. The first-order chi connectivity index (χ1) is 42.2. The molecule has 0 heterocycles. The van der Waals surface area contributed by atoms with Gasteiger partial charge in [0.05, 0.1) is 172 Å². The highest BCUT2D eigenvalue weighted by Gasteiger charge is 2.21. The van der Waals surface area contributed by atoms with Crippen molar-refractivity contribution in [2.45, 2.75) is 74.4 Å². The molecule has 0 bridgehead atoms. The molecule has 0 rings (SSSR count). The summed E-state index contributed by atoms with van der Waals surface area (Å²) in [5.74, 6) is -1.20. The van der Waals surface area contributed by atoms with Gasteiger partial charge in [-0.2, -0.15) is 0 Å². The topological polar surface area (TPSA) is 349 Å². The molecule has 29 nitrogen and oxygen atoms in total. The van der Waals surface area contributed by atoms with Crippen molar-refractivity contribution in [1.29, 1.82) is 0 Å². The van der Waals surface area contributed by atoms with Crippen LogP contribution in [0.3, 0.4) is 0 Å². The van der Waals surface area contributed by atoms with Gasteiger partial charge in [-0.3, -0.25) is 0 Å². The van der Waals surface area contributed by atoms with Crippen LogP contribution in [0.25, 0.3) is 0 Å². The SMILES string of the molecule is C=CC(=O)OCCOCC(COCC(COCC(COCC(COCC(COCC(COCCOC(=O)C=C)OCCOC(O)C=C)OCCOC(O)C=C)OCCOC(O)C=C)OCCOC(O)C=C)OCCOC(O)C=C)OCCOC(O)C=C. The van der Waals surface area contributed by atoms with E-state index in [1.807, 2.05) is 0 Å². The molecule has 0 aromatic heterocycles. The maximum atomic E-state index is 11.4. The van der Waals surface area contributed by atoms with E-state index in [-0.39, 0.29) is 185 Å². The number of aliphatic hydroxyl groups is 6. The lowest BCUT2D eigenvalue weighted by Gasteiger charge is -2.25. The van der Waals surface area contributed by atoms with E-state index >= 15 is 0 Å². The summed E-state index contributed by atoms with van der Waals surface area (Å²) in [7, 11) is 0. The monoisotopic (exact) mass is 1260 g/mol. The molecule has 87 heavy (non-hydrogen) atoms. The summed E-state index contributed by atoms with van der Waals surface area (Å²) in [6.45, 7) is 27.5. The zero-order chi connectivity index (χ0) is 64.4. The molecule has 29 heteroatoms. The third kappa shape index (κ3) is 52.4. The van der Waals surface area contributed by atoms with Gasteiger partial charge in [-0.05, 0) is 36.5 Å². The first kappa shape index (κ1) is 82.9. The lowest BCUT2D eigenvalue weighted by molar-refractivity contribution is -0.145. The van der Waals surface area contributed by atoms with Gasteiger partial charge in [0.15, 0.2) is 37.7 Å². The summed E-state index contributed by atoms with van der Waals surface area (Å²) in [5, 5.41) is 58.7. The van der Waals surface area contributed by atoms with Crippen LogP contribution in [0, 0.1) is 0 Å². The number of aliphatic hydroxyl groups excluding tert-OH is 6. The molecule has 0 aliphatic carbocycles. The average Bonchev–Trinajstić information content (AvgIpc) is 3.59. The van der Waals surface area contributed by atoms with Gasteiger partial charge in [0.1, 0.15) is 49.8 Å². The molecular formula is C58H98O29. The summed E-state index contributed by atoms with van der Waals surface area (Å²) < 4.78 is 119. The highest BCUT2D eigenvalue weighted by molar-refractivity contribution is 5.81. The van der Waals surface area contributed by atoms with Crippen LogP contribution < -0.4 is 0 Å². The number of hydrogen-bond donors (Lipinski definition) is 6. The minimum atomic E-state index is -1.23. The lowest BCUT2D eigenvalue weighted by atomic mass is 10.3. The molecule has 0 aromatic rings. The smallest absolute Gasteiger partial charge is 0.330 e. The second-order valence-corrected chi connectivity index (χ2v) is 17.5. The third-order valence-electron chi connectivity index (χ3n) is 10.5. The van der Waals surface area contributed by atoms with Crippen molar-refractivity contribution in [3.05, 3.63) is 101 Å². The number of carbonyl (C=O) groups is 2.